The summed E-state index contributed by atoms with van der Waals surface area (Å²) in [6.45, 7) is 5.44. The standard InChI is InChI=1S/C22H28N4/c1-3-26(22-15-17-8-4-5-10-20(17)25(22)2)21-11-13-23-16-18(21)14-19-9-6-7-12-24-19/h4-10,12,15,18,21,23H,3,11,13-14,16H2,1-2H3. The predicted octanol–water partition coefficient (Wildman–Crippen LogP) is 3.62. The number of piperidine rings is 1. The molecule has 4 nitrogen and oxygen atoms in total. The summed E-state index contributed by atoms with van der Waals surface area (Å²) in [7, 11) is 2.19. The van der Waals surface area contributed by atoms with E-state index in [4.69, 9.17) is 0 Å². The highest BCUT2D eigenvalue weighted by Gasteiger charge is 2.31. The number of nitrogens with one attached hydrogen (secondary N) is 1. The van der Waals surface area contributed by atoms with Gasteiger partial charge in [0.25, 0.3) is 0 Å². The smallest absolute Gasteiger partial charge is 0.109 e. The summed E-state index contributed by atoms with van der Waals surface area (Å²) in [6, 6.07) is 17.8. The van der Waals surface area contributed by atoms with Crippen LogP contribution in [0.4, 0.5) is 5.82 Å². The van der Waals surface area contributed by atoms with Crippen LogP contribution in [0.2, 0.25) is 0 Å². The van der Waals surface area contributed by atoms with Crippen LogP contribution in [-0.4, -0.2) is 35.2 Å². The molecule has 3 heterocycles. The van der Waals surface area contributed by atoms with Crippen molar-refractivity contribution in [3.05, 3.63) is 60.4 Å². The molecule has 0 aliphatic carbocycles. The summed E-state index contributed by atoms with van der Waals surface area (Å²) in [6.07, 6.45) is 4.11. The third kappa shape index (κ3) is 3.21. The average Bonchev–Trinajstić information content (AvgIpc) is 3.02. The van der Waals surface area contributed by atoms with E-state index in [0.717, 1.165) is 26.1 Å². The van der Waals surface area contributed by atoms with Crippen molar-refractivity contribution in [1.29, 1.82) is 0 Å². The summed E-state index contributed by atoms with van der Waals surface area (Å²) >= 11 is 0. The van der Waals surface area contributed by atoms with Crippen LogP contribution < -0.4 is 10.2 Å². The molecule has 0 spiro atoms. The number of aromatic nitrogens is 2. The number of benzene rings is 1. The first-order valence-electron chi connectivity index (χ1n) is 9.69. The number of hydrogen-bond donors (Lipinski definition) is 1. The lowest BCUT2D eigenvalue weighted by Gasteiger charge is -2.41. The molecule has 2 unspecified atom stereocenters. The quantitative estimate of drug-likeness (QED) is 0.764. The molecule has 0 amide bonds. The van der Waals surface area contributed by atoms with Crippen molar-refractivity contribution in [2.45, 2.75) is 25.8 Å². The number of aryl methyl sites for hydroxylation is 1. The zero-order chi connectivity index (χ0) is 17.9. The highest BCUT2D eigenvalue weighted by Crippen LogP contribution is 2.31. The van der Waals surface area contributed by atoms with Crippen LogP contribution in [0.25, 0.3) is 10.9 Å². The summed E-state index contributed by atoms with van der Waals surface area (Å²) in [5.74, 6) is 1.89. The van der Waals surface area contributed by atoms with Crippen LogP contribution in [-0.2, 0) is 13.5 Å². The van der Waals surface area contributed by atoms with Gasteiger partial charge in [-0.2, -0.15) is 0 Å². The lowest BCUT2D eigenvalue weighted by atomic mass is 9.88. The van der Waals surface area contributed by atoms with Gasteiger partial charge in [-0.15, -0.1) is 0 Å². The molecule has 1 N–H and O–H groups in total. The molecule has 2 aromatic heterocycles. The van der Waals surface area contributed by atoms with Gasteiger partial charge in [0.2, 0.25) is 0 Å². The molecule has 1 fully saturated rings. The number of nitrogens with zero attached hydrogens (tertiary/aromatic N) is 3. The number of hydrogen-bond acceptors (Lipinski definition) is 3. The second-order valence-electron chi connectivity index (χ2n) is 7.25. The Morgan fingerprint density at radius 3 is 2.81 bits per heavy atom. The third-order valence-electron chi connectivity index (χ3n) is 5.73. The molecule has 1 aliphatic heterocycles. The van der Waals surface area contributed by atoms with E-state index in [1.54, 1.807) is 0 Å². The molecular formula is C22H28N4. The van der Waals surface area contributed by atoms with Gasteiger partial charge >= 0.3 is 0 Å². The predicted molar refractivity (Wildman–Crippen MR) is 109 cm³/mol. The van der Waals surface area contributed by atoms with Crippen molar-refractivity contribution in [2.75, 3.05) is 24.5 Å². The maximum absolute atomic E-state index is 4.57. The molecular weight excluding hydrogens is 320 g/mol. The Hall–Kier alpha value is -2.33. The molecule has 1 aliphatic rings. The fourth-order valence-corrected chi connectivity index (χ4v) is 4.43. The van der Waals surface area contributed by atoms with Crippen molar-refractivity contribution in [3.63, 3.8) is 0 Å². The minimum atomic E-state index is 0.534. The lowest BCUT2D eigenvalue weighted by Crippen LogP contribution is -2.51. The molecule has 4 rings (SSSR count). The molecule has 0 radical (unpaired) electrons. The van der Waals surface area contributed by atoms with Gasteiger partial charge in [0, 0.05) is 49.0 Å². The van der Waals surface area contributed by atoms with Gasteiger partial charge in [0.15, 0.2) is 0 Å². The number of anilines is 1. The van der Waals surface area contributed by atoms with Crippen molar-refractivity contribution < 1.29 is 0 Å². The van der Waals surface area contributed by atoms with E-state index < -0.39 is 0 Å². The Balaban J connectivity index is 1.65. The van der Waals surface area contributed by atoms with Crippen LogP contribution >= 0.6 is 0 Å². The largest absolute Gasteiger partial charge is 0.355 e. The van der Waals surface area contributed by atoms with Crippen molar-refractivity contribution in [1.82, 2.24) is 14.9 Å². The molecule has 0 bridgehead atoms. The van der Waals surface area contributed by atoms with Crippen LogP contribution in [0.1, 0.15) is 19.0 Å². The van der Waals surface area contributed by atoms with Gasteiger partial charge < -0.3 is 14.8 Å². The zero-order valence-corrected chi connectivity index (χ0v) is 15.7. The van der Waals surface area contributed by atoms with Gasteiger partial charge in [-0.25, -0.2) is 0 Å². The Morgan fingerprint density at radius 1 is 1.19 bits per heavy atom. The normalized spacial score (nSPS) is 20.4. The van der Waals surface area contributed by atoms with Crippen LogP contribution in [0.15, 0.2) is 54.7 Å². The molecule has 1 saturated heterocycles. The van der Waals surface area contributed by atoms with E-state index in [-0.39, 0.29) is 0 Å². The Morgan fingerprint density at radius 2 is 2.04 bits per heavy atom. The number of rotatable bonds is 5. The Kier molecular flexibility index (Phi) is 4.93. The first-order valence-corrected chi connectivity index (χ1v) is 9.69. The number of pyridine rings is 1. The third-order valence-corrected chi connectivity index (χ3v) is 5.73. The Labute approximate surface area is 155 Å². The maximum atomic E-state index is 4.57. The van der Waals surface area contributed by atoms with Crippen molar-refractivity contribution in [2.24, 2.45) is 13.0 Å². The van der Waals surface area contributed by atoms with Crippen molar-refractivity contribution in [3.8, 4) is 0 Å². The highest BCUT2D eigenvalue weighted by molar-refractivity contribution is 5.85. The molecule has 0 saturated carbocycles. The van der Waals surface area contributed by atoms with E-state index in [1.165, 1.54) is 28.8 Å². The molecule has 4 heteroatoms. The topological polar surface area (TPSA) is 33.1 Å². The molecule has 2 atom stereocenters. The maximum Gasteiger partial charge on any atom is 0.109 e. The van der Waals surface area contributed by atoms with Gasteiger partial charge in [0.05, 0.1) is 0 Å². The SMILES string of the molecule is CCN(c1cc2ccccc2n1C)C1CCNCC1Cc1ccccn1. The van der Waals surface area contributed by atoms with E-state index in [9.17, 15) is 0 Å². The summed E-state index contributed by atoms with van der Waals surface area (Å²) < 4.78 is 2.35. The minimum Gasteiger partial charge on any atom is -0.355 e. The zero-order valence-electron chi connectivity index (χ0n) is 15.7. The number of para-hydroxylation sites is 1. The van der Waals surface area contributed by atoms with Gasteiger partial charge in [-0.05, 0) is 56.5 Å². The second-order valence-corrected chi connectivity index (χ2v) is 7.25. The monoisotopic (exact) mass is 348 g/mol. The van der Waals surface area contributed by atoms with Gasteiger partial charge in [-0.1, -0.05) is 24.3 Å². The molecule has 3 aromatic rings. The van der Waals surface area contributed by atoms with Crippen LogP contribution in [0.5, 0.6) is 0 Å². The first kappa shape index (κ1) is 17.1. The summed E-state index contributed by atoms with van der Waals surface area (Å²) in [5, 5.41) is 4.91. The number of fused-ring (bicyclic) bond motifs is 1. The molecule has 26 heavy (non-hydrogen) atoms. The fourth-order valence-electron chi connectivity index (χ4n) is 4.43. The van der Waals surface area contributed by atoms with Gasteiger partial charge in [0.1, 0.15) is 5.82 Å². The average molecular weight is 348 g/mol. The van der Waals surface area contributed by atoms with Gasteiger partial charge in [-0.3, -0.25) is 4.98 Å². The highest BCUT2D eigenvalue weighted by atomic mass is 15.3. The lowest BCUT2D eigenvalue weighted by molar-refractivity contribution is 0.306. The minimum absolute atomic E-state index is 0.534. The summed E-state index contributed by atoms with van der Waals surface area (Å²) in [5.41, 5.74) is 2.50. The fraction of sp³-hybridized carbons (Fsp3) is 0.409. The van der Waals surface area contributed by atoms with Crippen LogP contribution in [0, 0.1) is 5.92 Å². The van der Waals surface area contributed by atoms with Crippen molar-refractivity contribution >= 4 is 16.7 Å². The molecule has 136 valence electrons. The molecule has 1 aromatic carbocycles. The van der Waals surface area contributed by atoms with E-state index in [1.807, 2.05) is 12.3 Å². The summed E-state index contributed by atoms with van der Waals surface area (Å²) in [4.78, 5) is 7.17. The Bertz CT molecular complexity index is 855. The second kappa shape index (κ2) is 7.50. The van der Waals surface area contributed by atoms with Crippen LogP contribution in [0.3, 0.4) is 0 Å². The van der Waals surface area contributed by atoms with E-state index in [0.29, 0.717) is 12.0 Å². The van der Waals surface area contributed by atoms with E-state index in [2.05, 4.69) is 76.2 Å². The first-order chi connectivity index (χ1) is 12.8. The van der Waals surface area contributed by atoms with E-state index >= 15 is 0 Å².